The minimum absolute atomic E-state index is 0.131. The molecule has 132 valence electrons. The highest BCUT2D eigenvalue weighted by atomic mass is 31.2. The Kier molecular flexibility index (Phi) is 5.82. The number of nitrogens with one attached hydrogen (secondary N) is 1. The van der Waals surface area contributed by atoms with E-state index < -0.39 is 44.4 Å². The summed E-state index contributed by atoms with van der Waals surface area (Å²) in [5.41, 5.74) is 0. The van der Waals surface area contributed by atoms with E-state index in [1.165, 1.54) is 31.4 Å². The molecule has 0 spiro atoms. The van der Waals surface area contributed by atoms with Gasteiger partial charge in [0.2, 0.25) is 19.8 Å². The number of aliphatic hydroxyl groups is 3. The highest BCUT2D eigenvalue weighted by molar-refractivity contribution is 7.59. The fourth-order valence-corrected chi connectivity index (χ4v) is 2.92. The lowest BCUT2D eigenvalue weighted by molar-refractivity contribution is -0.152. The predicted molar refractivity (Wildman–Crippen MR) is 79.8 cm³/mol. The first-order valence-corrected chi connectivity index (χ1v) is 8.49. The largest absolute Gasteiger partial charge is 0.387 e. The second-order valence-electron chi connectivity index (χ2n) is 4.96. The smallest absolute Gasteiger partial charge is 0.250 e. The van der Waals surface area contributed by atoms with Crippen LogP contribution in [0.25, 0.3) is 0 Å². The fourth-order valence-electron chi connectivity index (χ4n) is 2.19. The van der Waals surface area contributed by atoms with Crippen molar-refractivity contribution >= 4 is 19.8 Å². The van der Waals surface area contributed by atoms with E-state index in [1.54, 1.807) is 0 Å². The molecule has 5 atom stereocenters. The van der Waals surface area contributed by atoms with Gasteiger partial charge >= 0.3 is 0 Å². The van der Waals surface area contributed by atoms with Gasteiger partial charge < -0.3 is 43.8 Å². The molecule has 2 aliphatic rings. The van der Waals surface area contributed by atoms with Gasteiger partial charge in [-0.1, -0.05) is 0 Å². The number of aliphatic hydroxyl groups excluding tert-OH is 3. The molecule has 0 aliphatic carbocycles. The Labute approximate surface area is 133 Å². The number of carbonyl (C=O) groups excluding carboxylic acids is 1. The lowest BCUT2D eigenvalue weighted by atomic mass is 10.1. The Hall–Kier alpha value is -0.970. The van der Waals surface area contributed by atoms with Crippen molar-refractivity contribution < 1.29 is 38.4 Å². The van der Waals surface area contributed by atoms with Crippen molar-refractivity contribution in [2.75, 3.05) is 20.8 Å². The molecule has 0 saturated carbocycles. The zero-order chi connectivity index (χ0) is 17.2. The number of ether oxygens (including phenoxy) is 1. The first kappa shape index (κ1) is 18.4. The van der Waals surface area contributed by atoms with Gasteiger partial charge in [0.15, 0.2) is 6.23 Å². The molecule has 0 radical (unpaired) electrons. The molecule has 2 heterocycles. The maximum atomic E-state index is 11.1. The fraction of sp³-hybridized carbons (Fsp3) is 0.667. The highest BCUT2D eigenvalue weighted by Crippen LogP contribution is 2.47. The van der Waals surface area contributed by atoms with E-state index in [4.69, 9.17) is 18.3 Å². The van der Waals surface area contributed by atoms with Crippen molar-refractivity contribution in [2.45, 2.75) is 30.9 Å². The third-order valence-electron chi connectivity index (χ3n) is 3.57. The van der Waals surface area contributed by atoms with Crippen molar-refractivity contribution in [3.63, 3.8) is 0 Å². The normalized spacial score (nSPS) is 34.7. The Morgan fingerprint density at radius 3 is 2.57 bits per heavy atom. The van der Waals surface area contributed by atoms with Gasteiger partial charge in [-0.25, -0.2) is 0 Å². The minimum Gasteiger partial charge on any atom is -0.387 e. The topological polar surface area (TPSA) is 130 Å². The Morgan fingerprint density at radius 2 is 2.00 bits per heavy atom. The van der Waals surface area contributed by atoms with Gasteiger partial charge in [-0.2, -0.15) is 0 Å². The summed E-state index contributed by atoms with van der Waals surface area (Å²) in [4.78, 5) is 12.3. The highest BCUT2D eigenvalue weighted by Gasteiger charge is 2.47. The van der Waals surface area contributed by atoms with Gasteiger partial charge in [0.1, 0.15) is 18.3 Å². The molecular formula is C12H21N2O8P. The van der Waals surface area contributed by atoms with Crippen LogP contribution in [-0.4, -0.2) is 84.1 Å². The van der Waals surface area contributed by atoms with Gasteiger partial charge in [0.05, 0.1) is 6.61 Å². The minimum atomic E-state index is -2.76. The van der Waals surface area contributed by atoms with E-state index in [1.807, 2.05) is 0 Å². The van der Waals surface area contributed by atoms with Crippen LogP contribution >= 0.6 is 7.57 Å². The van der Waals surface area contributed by atoms with Crippen molar-refractivity contribution in [1.29, 1.82) is 0 Å². The molecule has 11 heteroatoms. The molecule has 0 aromatic carbocycles. The van der Waals surface area contributed by atoms with E-state index in [0.717, 1.165) is 0 Å². The van der Waals surface area contributed by atoms with Crippen LogP contribution in [0.15, 0.2) is 12.3 Å². The molecule has 10 nitrogen and oxygen atoms in total. The molecule has 5 unspecified atom stereocenters. The molecule has 2 aliphatic heterocycles. The van der Waals surface area contributed by atoms with E-state index in [2.05, 4.69) is 11.6 Å². The number of rotatable bonds is 6. The number of hydrogen-bond acceptors (Lipinski definition) is 9. The summed E-state index contributed by atoms with van der Waals surface area (Å²) in [6.07, 6.45) is 0.207. The number of hydrogen-bond donors (Lipinski definition) is 4. The maximum absolute atomic E-state index is 11.1. The average molecular weight is 352 g/mol. The quantitative estimate of drug-likeness (QED) is 0.407. The monoisotopic (exact) mass is 352 g/mol. The lowest BCUT2D eigenvalue weighted by Gasteiger charge is -2.35. The molecular weight excluding hydrogens is 331 g/mol. The molecule has 23 heavy (non-hydrogen) atoms. The lowest BCUT2D eigenvalue weighted by Crippen LogP contribution is -2.55. The van der Waals surface area contributed by atoms with Crippen molar-refractivity contribution in [2.24, 2.45) is 0 Å². The third-order valence-corrected chi connectivity index (χ3v) is 5.23. The molecule has 1 saturated heterocycles. The van der Waals surface area contributed by atoms with Gasteiger partial charge in [-0.05, 0) is 6.30 Å². The summed E-state index contributed by atoms with van der Waals surface area (Å²) in [5, 5.41) is 32.2. The van der Waals surface area contributed by atoms with Crippen LogP contribution in [0, 0.1) is 0 Å². The number of amides is 1. The van der Waals surface area contributed by atoms with Gasteiger partial charge in [0.25, 0.3) is 0 Å². The first-order valence-electron chi connectivity index (χ1n) is 6.76. The summed E-state index contributed by atoms with van der Waals surface area (Å²) >= 11 is 0. The first-order chi connectivity index (χ1) is 10.8. The molecule has 0 bridgehead atoms. The molecule has 1 fully saturated rings. The maximum Gasteiger partial charge on any atom is 0.250 e. The molecule has 0 aromatic rings. The predicted octanol–water partition coefficient (Wildman–Crippen LogP) is -1.84. The Balaban J connectivity index is 2.02. The summed E-state index contributed by atoms with van der Waals surface area (Å²) < 4.78 is 21.0. The summed E-state index contributed by atoms with van der Waals surface area (Å²) in [6.45, 7) is -0.131. The summed E-state index contributed by atoms with van der Waals surface area (Å²) in [5.74, 6) is -0.478. The summed E-state index contributed by atoms with van der Waals surface area (Å²) in [7, 11) is 0.00191. The van der Waals surface area contributed by atoms with E-state index in [0.29, 0.717) is 0 Å². The van der Waals surface area contributed by atoms with Crippen molar-refractivity contribution in [1.82, 2.24) is 10.2 Å². The van der Waals surface area contributed by atoms with Crippen LogP contribution in [0.5, 0.6) is 0 Å². The third kappa shape index (κ3) is 3.93. The van der Waals surface area contributed by atoms with Crippen LogP contribution in [0.4, 0.5) is 0 Å². The second kappa shape index (κ2) is 7.29. The number of carbonyl (C=O) groups is 1. The van der Waals surface area contributed by atoms with E-state index in [-0.39, 0.29) is 6.61 Å². The zero-order valence-electron chi connectivity index (χ0n) is 12.7. The van der Waals surface area contributed by atoms with Crippen LogP contribution in [0.3, 0.4) is 0 Å². The van der Waals surface area contributed by atoms with Crippen LogP contribution in [-0.2, 0) is 23.1 Å². The van der Waals surface area contributed by atoms with Crippen molar-refractivity contribution in [3.05, 3.63) is 12.3 Å². The van der Waals surface area contributed by atoms with Gasteiger partial charge in [-0.15, -0.1) is 0 Å². The van der Waals surface area contributed by atoms with Crippen LogP contribution < -0.4 is 5.32 Å². The number of nitrogens with zero attached hydrogens (tertiary/aromatic N) is 1. The van der Waals surface area contributed by atoms with Gasteiger partial charge in [-0.3, -0.25) is 4.79 Å². The average Bonchev–Trinajstić information content (AvgIpc) is 2.81. The standard InChI is InChI=1S/C12H21N2O8P/c1-19-23(3,20-2)21-6-7-9(16)10(17)11(22-7)14-5-4-8(15)13-12(14)18/h4-5,7,9-12,16-18H,3,6H2,1-2H3,(H,13,15). The van der Waals surface area contributed by atoms with Crippen LogP contribution in [0.1, 0.15) is 0 Å². The summed E-state index contributed by atoms with van der Waals surface area (Å²) in [6, 6.07) is 0. The zero-order valence-corrected chi connectivity index (χ0v) is 13.6. The van der Waals surface area contributed by atoms with Gasteiger partial charge in [0, 0.05) is 26.5 Å². The molecule has 1 amide bonds. The van der Waals surface area contributed by atoms with E-state index >= 15 is 0 Å². The molecule has 0 aromatic heterocycles. The molecule has 4 N–H and O–H groups in total. The van der Waals surface area contributed by atoms with Crippen molar-refractivity contribution in [3.8, 4) is 0 Å². The van der Waals surface area contributed by atoms with Crippen LogP contribution in [0.2, 0.25) is 0 Å². The Bertz CT molecular complexity index is 507. The Morgan fingerprint density at radius 1 is 1.35 bits per heavy atom. The second-order valence-corrected chi connectivity index (χ2v) is 7.17. The SMILES string of the molecule is C=P(OC)(OC)OCC1OC(N2C=CC(=O)NC2O)C(O)C1O. The van der Waals surface area contributed by atoms with E-state index in [9.17, 15) is 20.1 Å². The molecule has 2 rings (SSSR count).